The second kappa shape index (κ2) is 10.8. The topological polar surface area (TPSA) is 39.7 Å². The molecule has 0 bridgehead atoms. The molecule has 2 aromatic rings. The molecule has 1 aromatic heterocycles. The number of nitrogens with zero attached hydrogens (tertiary/aromatic N) is 2. The Hall–Kier alpha value is -1.12. The van der Waals surface area contributed by atoms with Gasteiger partial charge in [0.1, 0.15) is 0 Å². The van der Waals surface area contributed by atoms with Gasteiger partial charge in [0, 0.05) is 25.0 Å². The highest BCUT2D eigenvalue weighted by molar-refractivity contribution is 14.0. The lowest BCUT2D eigenvalue weighted by Gasteiger charge is -2.27. The van der Waals surface area contributed by atoms with Crippen LogP contribution < -0.4 is 10.6 Å². The highest BCUT2D eigenvalue weighted by Gasteiger charge is 2.24. The van der Waals surface area contributed by atoms with Gasteiger partial charge in [-0.05, 0) is 42.9 Å². The number of guanidine groups is 1. The summed E-state index contributed by atoms with van der Waals surface area (Å²) in [4.78, 5) is 8.38. The molecule has 6 heteroatoms. The van der Waals surface area contributed by atoms with Crippen LogP contribution in [0.5, 0.6) is 0 Å². The third-order valence-electron chi connectivity index (χ3n) is 4.44. The lowest BCUT2D eigenvalue weighted by molar-refractivity contribution is 0.249. The summed E-state index contributed by atoms with van der Waals surface area (Å²) in [6.45, 7) is 4.06. The number of rotatable bonds is 6. The zero-order valence-electron chi connectivity index (χ0n) is 14.6. The van der Waals surface area contributed by atoms with Gasteiger partial charge in [-0.25, -0.2) is 0 Å². The van der Waals surface area contributed by atoms with Crippen molar-refractivity contribution in [2.75, 3.05) is 26.7 Å². The summed E-state index contributed by atoms with van der Waals surface area (Å²) in [7, 11) is 1.83. The summed E-state index contributed by atoms with van der Waals surface area (Å²) in [5.41, 5.74) is 1.26. The van der Waals surface area contributed by atoms with Crippen LogP contribution >= 0.6 is 35.3 Å². The van der Waals surface area contributed by atoms with Gasteiger partial charge in [0.05, 0.1) is 6.04 Å². The SMILES string of the molecule is CN=C(NCc1ccccc1)NCC(c1cccs1)N1CCCC1.I. The number of nitrogens with one attached hydrogen (secondary N) is 2. The Morgan fingerprint density at radius 1 is 1.12 bits per heavy atom. The van der Waals surface area contributed by atoms with Gasteiger partial charge in [0.25, 0.3) is 0 Å². The van der Waals surface area contributed by atoms with Gasteiger partial charge in [-0.1, -0.05) is 36.4 Å². The fraction of sp³-hybridized carbons (Fsp3) is 0.421. The molecule has 1 aromatic carbocycles. The van der Waals surface area contributed by atoms with E-state index in [2.05, 4.69) is 62.3 Å². The Bertz CT molecular complexity index is 624. The Morgan fingerprint density at radius 2 is 1.88 bits per heavy atom. The number of benzene rings is 1. The molecule has 3 rings (SSSR count). The van der Waals surface area contributed by atoms with Crippen LogP contribution in [0.15, 0.2) is 52.8 Å². The first kappa shape index (κ1) is 20.2. The minimum absolute atomic E-state index is 0. The molecule has 0 amide bonds. The normalized spacial score (nSPS) is 16.3. The summed E-state index contributed by atoms with van der Waals surface area (Å²) in [5.74, 6) is 0.861. The maximum Gasteiger partial charge on any atom is 0.191 e. The third-order valence-corrected chi connectivity index (χ3v) is 5.42. The molecule has 25 heavy (non-hydrogen) atoms. The number of halogens is 1. The highest BCUT2D eigenvalue weighted by Crippen LogP contribution is 2.27. The molecule has 0 spiro atoms. The van der Waals surface area contributed by atoms with Crippen molar-refractivity contribution in [2.45, 2.75) is 25.4 Å². The van der Waals surface area contributed by atoms with Crippen LogP contribution in [-0.4, -0.2) is 37.5 Å². The molecule has 136 valence electrons. The lowest BCUT2D eigenvalue weighted by atomic mass is 10.2. The van der Waals surface area contributed by atoms with Gasteiger partial charge in [-0.3, -0.25) is 9.89 Å². The molecule has 0 aliphatic carbocycles. The Balaban J connectivity index is 0.00000225. The molecule has 2 heterocycles. The molecule has 1 aliphatic heterocycles. The zero-order chi connectivity index (χ0) is 16.6. The molecule has 4 nitrogen and oxygen atoms in total. The average molecular weight is 470 g/mol. The molecule has 1 atom stereocenters. The molecular formula is C19H27IN4S. The predicted molar refractivity (Wildman–Crippen MR) is 118 cm³/mol. The first-order valence-corrected chi connectivity index (χ1v) is 9.50. The molecule has 1 aliphatic rings. The minimum atomic E-state index is 0. The van der Waals surface area contributed by atoms with Crippen molar-refractivity contribution in [2.24, 2.45) is 4.99 Å². The summed E-state index contributed by atoms with van der Waals surface area (Å²) in [5, 5.41) is 9.08. The van der Waals surface area contributed by atoms with E-state index in [1.807, 2.05) is 24.5 Å². The third kappa shape index (κ3) is 5.97. The van der Waals surface area contributed by atoms with Gasteiger partial charge in [0.2, 0.25) is 0 Å². The van der Waals surface area contributed by atoms with E-state index in [9.17, 15) is 0 Å². The molecule has 0 saturated carbocycles. The van der Waals surface area contributed by atoms with Gasteiger partial charge in [0.15, 0.2) is 5.96 Å². The number of aliphatic imine (C=N–C) groups is 1. The molecule has 1 unspecified atom stereocenters. The maximum absolute atomic E-state index is 4.36. The van der Waals surface area contributed by atoms with Gasteiger partial charge in [-0.2, -0.15) is 0 Å². The number of likely N-dealkylation sites (tertiary alicyclic amines) is 1. The first-order chi connectivity index (χ1) is 11.9. The standard InChI is InChI=1S/C19H26N4S.HI/c1-20-19(21-14-16-8-3-2-4-9-16)22-15-17(18-10-7-13-24-18)23-11-5-6-12-23;/h2-4,7-10,13,17H,5-6,11-12,14-15H2,1H3,(H2,20,21,22);1H. The van der Waals surface area contributed by atoms with E-state index in [0.717, 1.165) is 19.0 Å². The van der Waals surface area contributed by atoms with E-state index in [1.165, 1.54) is 36.4 Å². The molecule has 1 fully saturated rings. The quantitative estimate of drug-likeness (QED) is 0.383. The molecule has 2 N–H and O–H groups in total. The Morgan fingerprint density at radius 3 is 2.52 bits per heavy atom. The van der Waals surface area contributed by atoms with E-state index in [4.69, 9.17) is 0 Å². The fourth-order valence-corrected chi connectivity index (χ4v) is 4.00. The predicted octanol–water partition coefficient (Wildman–Crippen LogP) is 3.87. The van der Waals surface area contributed by atoms with Crippen molar-refractivity contribution in [3.63, 3.8) is 0 Å². The van der Waals surface area contributed by atoms with Crippen molar-refractivity contribution >= 4 is 41.3 Å². The zero-order valence-corrected chi connectivity index (χ0v) is 17.8. The minimum Gasteiger partial charge on any atom is -0.354 e. The molecule has 1 saturated heterocycles. The smallest absolute Gasteiger partial charge is 0.191 e. The van der Waals surface area contributed by atoms with Gasteiger partial charge < -0.3 is 10.6 Å². The Labute approximate surface area is 171 Å². The van der Waals surface area contributed by atoms with Crippen LogP contribution in [-0.2, 0) is 6.54 Å². The Kier molecular flexibility index (Phi) is 8.71. The first-order valence-electron chi connectivity index (χ1n) is 8.62. The number of thiophene rings is 1. The van der Waals surface area contributed by atoms with E-state index in [1.54, 1.807) is 0 Å². The summed E-state index contributed by atoms with van der Waals surface area (Å²) >= 11 is 1.85. The summed E-state index contributed by atoms with van der Waals surface area (Å²) < 4.78 is 0. The van der Waals surface area contributed by atoms with E-state index < -0.39 is 0 Å². The van der Waals surface area contributed by atoms with Crippen LogP contribution in [0.2, 0.25) is 0 Å². The number of hydrogen-bond acceptors (Lipinski definition) is 3. The van der Waals surface area contributed by atoms with Crippen LogP contribution in [0.25, 0.3) is 0 Å². The highest BCUT2D eigenvalue weighted by atomic mass is 127. The van der Waals surface area contributed by atoms with E-state index in [0.29, 0.717) is 6.04 Å². The summed E-state index contributed by atoms with van der Waals surface area (Å²) in [6, 6.07) is 15.2. The second-order valence-electron chi connectivity index (χ2n) is 6.07. The van der Waals surface area contributed by atoms with Crippen molar-refractivity contribution in [3.05, 3.63) is 58.3 Å². The van der Waals surface area contributed by atoms with Crippen LogP contribution in [0.1, 0.15) is 29.3 Å². The fourth-order valence-electron chi connectivity index (χ4n) is 3.14. The van der Waals surface area contributed by atoms with E-state index >= 15 is 0 Å². The van der Waals surface area contributed by atoms with Crippen molar-refractivity contribution in [3.8, 4) is 0 Å². The molecule has 0 radical (unpaired) electrons. The van der Waals surface area contributed by atoms with E-state index in [-0.39, 0.29) is 24.0 Å². The van der Waals surface area contributed by atoms with Crippen LogP contribution in [0.3, 0.4) is 0 Å². The van der Waals surface area contributed by atoms with Crippen LogP contribution in [0, 0.1) is 0 Å². The lowest BCUT2D eigenvalue weighted by Crippen LogP contribution is -2.42. The molecular weight excluding hydrogens is 443 g/mol. The van der Waals surface area contributed by atoms with Crippen LogP contribution in [0.4, 0.5) is 0 Å². The maximum atomic E-state index is 4.36. The van der Waals surface area contributed by atoms with Crippen molar-refractivity contribution in [1.82, 2.24) is 15.5 Å². The monoisotopic (exact) mass is 470 g/mol. The number of hydrogen-bond donors (Lipinski definition) is 2. The largest absolute Gasteiger partial charge is 0.354 e. The van der Waals surface area contributed by atoms with Gasteiger partial charge in [-0.15, -0.1) is 35.3 Å². The van der Waals surface area contributed by atoms with Crippen molar-refractivity contribution < 1.29 is 0 Å². The average Bonchev–Trinajstić information content (AvgIpc) is 3.33. The second-order valence-corrected chi connectivity index (χ2v) is 7.05. The van der Waals surface area contributed by atoms with Crippen molar-refractivity contribution in [1.29, 1.82) is 0 Å². The van der Waals surface area contributed by atoms with Gasteiger partial charge >= 0.3 is 0 Å². The summed E-state index contributed by atoms with van der Waals surface area (Å²) in [6.07, 6.45) is 2.62.